The Bertz CT molecular complexity index is 994. The highest BCUT2D eigenvalue weighted by molar-refractivity contribution is 6.05. The van der Waals surface area contributed by atoms with Crippen molar-refractivity contribution in [2.45, 2.75) is 19.4 Å². The first kappa shape index (κ1) is 21.0. The Hall–Kier alpha value is -3.75. The van der Waals surface area contributed by atoms with Crippen molar-refractivity contribution >= 4 is 35.1 Å². The van der Waals surface area contributed by atoms with E-state index >= 15 is 0 Å². The maximum atomic E-state index is 13.2. The third-order valence-electron chi connectivity index (χ3n) is 4.46. The van der Waals surface area contributed by atoms with E-state index in [1.165, 1.54) is 23.1 Å². The maximum absolute atomic E-state index is 13.2. The fraction of sp³-hybridized carbons (Fsp3) is 0.238. The second-order valence-corrected chi connectivity index (χ2v) is 6.74. The molecule has 30 heavy (non-hydrogen) atoms. The number of benzene rings is 2. The molecule has 0 aliphatic carbocycles. The lowest BCUT2D eigenvalue weighted by Crippen LogP contribution is -2.42. The molecule has 1 atom stereocenters. The van der Waals surface area contributed by atoms with E-state index in [0.29, 0.717) is 11.4 Å². The number of halogens is 1. The van der Waals surface area contributed by atoms with Crippen LogP contribution in [-0.2, 0) is 19.1 Å². The average Bonchev–Trinajstić information content (AvgIpc) is 2.84. The van der Waals surface area contributed by atoms with Gasteiger partial charge in [0.15, 0.2) is 6.61 Å². The van der Waals surface area contributed by atoms with Crippen LogP contribution in [-0.4, -0.2) is 42.9 Å². The smallest absolute Gasteiger partial charge is 0.325 e. The van der Waals surface area contributed by atoms with Gasteiger partial charge < -0.3 is 20.3 Å². The normalized spacial score (nSPS) is 15.5. The summed E-state index contributed by atoms with van der Waals surface area (Å²) in [5, 5.41) is 5.05. The molecule has 0 radical (unpaired) electrons. The minimum absolute atomic E-state index is 0.0612. The summed E-state index contributed by atoms with van der Waals surface area (Å²) in [5.41, 5.74) is 1.07. The maximum Gasteiger partial charge on any atom is 0.325 e. The molecule has 1 aliphatic heterocycles. The summed E-state index contributed by atoms with van der Waals surface area (Å²) in [7, 11) is 0. The van der Waals surface area contributed by atoms with Crippen molar-refractivity contribution in [2.75, 3.05) is 23.4 Å². The van der Waals surface area contributed by atoms with Crippen LogP contribution in [0.4, 0.5) is 15.8 Å². The summed E-state index contributed by atoms with van der Waals surface area (Å²) in [4.78, 5) is 50.0. The highest BCUT2D eigenvalue weighted by Gasteiger charge is 2.30. The molecule has 156 valence electrons. The molecule has 0 bridgehead atoms. The Morgan fingerprint density at radius 3 is 2.73 bits per heavy atom. The number of esters is 1. The number of ether oxygens (including phenoxy) is 1. The molecule has 1 heterocycles. The molecule has 9 heteroatoms. The third-order valence-corrected chi connectivity index (χ3v) is 4.46. The van der Waals surface area contributed by atoms with Gasteiger partial charge in [0.25, 0.3) is 11.8 Å². The highest BCUT2D eigenvalue weighted by atomic mass is 19.1. The number of hydrogen-bond donors (Lipinski definition) is 2. The van der Waals surface area contributed by atoms with Gasteiger partial charge in [-0.2, -0.15) is 0 Å². The van der Waals surface area contributed by atoms with E-state index in [2.05, 4.69) is 10.6 Å². The molecule has 2 aromatic rings. The van der Waals surface area contributed by atoms with Crippen molar-refractivity contribution < 1.29 is 28.3 Å². The van der Waals surface area contributed by atoms with E-state index < -0.39 is 42.8 Å². The lowest BCUT2D eigenvalue weighted by molar-refractivity contribution is -0.146. The predicted molar refractivity (Wildman–Crippen MR) is 106 cm³/mol. The first-order valence-corrected chi connectivity index (χ1v) is 9.25. The van der Waals surface area contributed by atoms with Crippen LogP contribution < -0.4 is 15.5 Å². The molecule has 0 saturated carbocycles. The van der Waals surface area contributed by atoms with Crippen molar-refractivity contribution in [3.8, 4) is 0 Å². The summed E-state index contributed by atoms with van der Waals surface area (Å²) in [5.74, 6) is -2.76. The molecular formula is C21H20FN3O5. The number of carbonyl (C=O) groups is 4. The number of carbonyl (C=O) groups excluding carboxylic acids is 4. The number of fused-ring (bicyclic) bond motifs is 1. The van der Waals surface area contributed by atoms with Crippen molar-refractivity contribution in [3.63, 3.8) is 0 Å². The van der Waals surface area contributed by atoms with Crippen molar-refractivity contribution in [1.29, 1.82) is 0 Å². The molecular weight excluding hydrogens is 393 g/mol. The predicted octanol–water partition coefficient (Wildman–Crippen LogP) is 1.86. The van der Waals surface area contributed by atoms with E-state index in [9.17, 15) is 23.6 Å². The quantitative estimate of drug-likeness (QED) is 0.728. The van der Waals surface area contributed by atoms with E-state index in [1.807, 2.05) is 0 Å². The molecule has 0 spiro atoms. The first-order chi connectivity index (χ1) is 14.3. The van der Waals surface area contributed by atoms with Crippen molar-refractivity contribution in [2.24, 2.45) is 0 Å². The van der Waals surface area contributed by atoms with E-state index in [1.54, 1.807) is 31.2 Å². The Morgan fingerprint density at radius 1 is 1.20 bits per heavy atom. The van der Waals surface area contributed by atoms with Crippen molar-refractivity contribution in [1.82, 2.24) is 5.32 Å². The lowest BCUT2D eigenvalue weighted by atomic mass is 10.1. The van der Waals surface area contributed by atoms with Crippen LogP contribution in [0.25, 0.3) is 0 Å². The topological polar surface area (TPSA) is 105 Å². The zero-order chi connectivity index (χ0) is 21.7. The fourth-order valence-corrected chi connectivity index (χ4v) is 3.11. The molecule has 0 saturated heterocycles. The highest BCUT2D eigenvalue weighted by Crippen LogP contribution is 2.31. The van der Waals surface area contributed by atoms with E-state index in [-0.39, 0.29) is 17.9 Å². The van der Waals surface area contributed by atoms with Gasteiger partial charge in [-0.25, -0.2) is 4.39 Å². The molecule has 3 amide bonds. The Balaban J connectivity index is 1.57. The summed E-state index contributed by atoms with van der Waals surface area (Å²) in [6.07, 6.45) is 0.0953. The average molecular weight is 413 g/mol. The van der Waals surface area contributed by atoms with Crippen LogP contribution in [0.1, 0.15) is 23.7 Å². The number of hydrogen-bond acceptors (Lipinski definition) is 5. The van der Waals surface area contributed by atoms with Gasteiger partial charge in [-0.1, -0.05) is 18.2 Å². The van der Waals surface area contributed by atoms with Gasteiger partial charge in [0.05, 0.1) is 11.4 Å². The summed E-state index contributed by atoms with van der Waals surface area (Å²) < 4.78 is 18.1. The van der Waals surface area contributed by atoms with Gasteiger partial charge >= 0.3 is 5.97 Å². The van der Waals surface area contributed by atoms with E-state index in [0.717, 1.165) is 6.07 Å². The zero-order valence-corrected chi connectivity index (χ0v) is 16.2. The van der Waals surface area contributed by atoms with Crippen LogP contribution in [0.5, 0.6) is 0 Å². The SMILES string of the molecule is C[C@H]1CC(=O)Nc2ccccc2N1C(=O)COC(=O)CNC(=O)c1cccc(F)c1. The number of para-hydroxylation sites is 2. The largest absolute Gasteiger partial charge is 0.454 e. The minimum atomic E-state index is -0.821. The van der Waals surface area contributed by atoms with Crippen LogP contribution >= 0.6 is 0 Å². The number of rotatable bonds is 5. The minimum Gasteiger partial charge on any atom is -0.454 e. The molecule has 3 rings (SSSR count). The van der Waals surface area contributed by atoms with Gasteiger partial charge in [-0.15, -0.1) is 0 Å². The number of amides is 3. The standard InChI is InChI=1S/C21H20FN3O5/c1-13-9-18(26)24-16-7-2-3-8-17(16)25(13)19(27)12-30-20(28)11-23-21(29)14-5-4-6-15(22)10-14/h2-8,10,13H,9,11-12H2,1H3,(H,23,29)(H,24,26)/t13-/m0/s1. The Kier molecular flexibility index (Phi) is 6.41. The van der Waals surface area contributed by atoms with Gasteiger partial charge in [0, 0.05) is 18.0 Å². The summed E-state index contributed by atoms with van der Waals surface area (Å²) >= 11 is 0. The van der Waals surface area contributed by atoms with Crippen LogP contribution in [0.3, 0.4) is 0 Å². The summed E-state index contributed by atoms with van der Waals surface area (Å²) in [6, 6.07) is 11.4. The fourth-order valence-electron chi connectivity index (χ4n) is 3.11. The molecule has 2 N–H and O–H groups in total. The molecule has 8 nitrogen and oxygen atoms in total. The second-order valence-electron chi connectivity index (χ2n) is 6.74. The first-order valence-electron chi connectivity index (χ1n) is 9.25. The van der Waals surface area contributed by atoms with Gasteiger partial charge in [-0.05, 0) is 37.3 Å². The Morgan fingerprint density at radius 2 is 1.97 bits per heavy atom. The van der Waals surface area contributed by atoms with Gasteiger partial charge in [0.1, 0.15) is 12.4 Å². The van der Waals surface area contributed by atoms with Crippen LogP contribution in [0.15, 0.2) is 48.5 Å². The molecule has 0 fully saturated rings. The van der Waals surface area contributed by atoms with Gasteiger partial charge in [-0.3, -0.25) is 19.2 Å². The second kappa shape index (κ2) is 9.17. The number of nitrogens with one attached hydrogen (secondary N) is 2. The molecule has 1 aliphatic rings. The molecule has 2 aromatic carbocycles. The molecule has 0 unspecified atom stereocenters. The van der Waals surface area contributed by atoms with Crippen LogP contribution in [0.2, 0.25) is 0 Å². The summed E-state index contributed by atoms with van der Waals surface area (Å²) in [6.45, 7) is 0.691. The van der Waals surface area contributed by atoms with E-state index in [4.69, 9.17) is 4.74 Å². The van der Waals surface area contributed by atoms with Crippen LogP contribution in [0, 0.1) is 5.82 Å². The van der Waals surface area contributed by atoms with Gasteiger partial charge in [0.2, 0.25) is 5.91 Å². The lowest BCUT2D eigenvalue weighted by Gasteiger charge is -2.27. The monoisotopic (exact) mass is 413 g/mol. The molecule has 0 aromatic heterocycles. The third kappa shape index (κ3) is 4.99. The van der Waals surface area contributed by atoms with Crippen molar-refractivity contribution in [3.05, 3.63) is 59.9 Å². The number of nitrogens with zero attached hydrogens (tertiary/aromatic N) is 1. The Labute approximate surface area is 172 Å². The number of anilines is 2. The zero-order valence-electron chi connectivity index (χ0n) is 16.2.